The number of rotatable bonds is 3. The number of anilines is 1. The van der Waals surface area contributed by atoms with E-state index in [1.165, 1.54) is 24.3 Å². The van der Waals surface area contributed by atoms with Crippen molar-refractivity contribution in [1.29, 1.82) is 0 Å². The van der Waals surface area contributed by atoms with E-state index in [0.717, 1.165) is 3.57 Å². The van der Waals surface area contributed by atoms with Gasteiger partial charge < -0.3 is 5.32 Å². The molecule has 1 amide bonds. The Bertz CT molecular complexity index is 626. The smallest absolute Gasteiger partial charge is 0.269 e. The first-order valence-electron chi connectivity index (χ1n) is 5.37. The fourth-order valence-electron chi connectivity index (χ4n) is 1.50. The van der Waals surface area contributed by atoms with Crippen LogP contribution in [0, 0.1) is 13.7 Å². The maximum atomic E-state index is 11.9. The van der Waals surface area contributed by atoms with Gasteiger partial charge in [-0.15, -0.1) is 0 Å². The SMILES string of the molecule is O=C(Nc1ccc([N+](=O)[O-])cc1)c1cccc(I)c1. The highest BCUT2D eigenvalue weighted by atomic mass is 127. The Labute approximate surface area is 122 Å². The van der Waals surface area contributed by atoms with Gasteiger partial charge in [-0.3, -0.25) is 14.9 Å². The Kier molecular flexibility index (Phi) is 4.10. The van der Waals surface area contributed by atoms with Crippen molar-refractivity contribution in [3.8, 4) is 0 Å². The lowest BCUT2D eigenvalue weighted by molar-refractivity contribution is -0.384. The molecule has 5 nitrogen and oxygen atoms in total. The molecular formula is C13H9IN2O3. The van der Waals surface area contributed by atoms with Crippen molar-refractivity contribution in [2.45, 2.75) is 0 Å². The number of hydrogen-bond donors (Lipinski definition) is 1. The molecule has 0 aliphatic heterocycles. The van der Waals surface area contributed by atoms with E-state index in [1.54, 1.807) is 18.2 Å². The van der Waals surface area contributed by atoms with Crippen molar-refractivity contribution in [3.05, 3.63) is 67.8 Å². The van der Waals surface area contributed by atoms with Crippen LogP contribution < -0.4 is 5.32 Å². The normalized spacial score (nSPS) is 9.95. The summed E-state index contributed by atoms with van der Waals surface area (Å²) in [4.78, 5) is 22.0. The van der Waals surface area contributed by atoms with Crippen LogP contribution in [0.4, 0.5) is 11.4 Å². The molecule has 0 aromatic heterocycles. The van der Waals surface area contributed by atoms with E-state index in [1.807, 2.05) is 6.07 Å². The van der Waals surface area contributed by atoms with Crippen molar-refractivity contribution >= 4 is 39.9 Å². The number of halogens is 1. The van der Waals surface area contributed by atoms with Crippen LogP contribution in [0.3, 0.4) is 0 Å². The number of hydrogen-bond acceptors (Lipinski definition) is 3. The number of nitrogens with one attached hydrogen (secondary N) is 1. The summed E-state index contributed by atoms with van der Waals surface area (Å²) in [7, 11) is 0. The molecule has 0 bridgehead atoms. The molecule has 0 atom stereocenters. The van der Waals surface area contributed by atoms with Gasteiger partial charge in [-0.1, -0.05) is 6.07 Å². The molecular weight excluding hydrogens is 359 g/mol. The number of carbonyl (C=O) groups is 1. The van der Waals surface area contributed by atoms with Crippen molar-refractivity contribution in [2.24, 2.45) is 0 Å². The van der Waals surface area contributed by atoms with E-state index >= 15 is 0 Å². The number of carbonyl (C=O) groups excluding carboxylic acids is 1. The second-order valence-electron chi connectivity index (χ2n) is 3.77. The van der Waals surface area contributed by atoms with Gasteiger partial charge >= 0.3 is 0 Å². The van der Waals surface area contributed by atoms with Gasteiger partial charge in [0.05, 0.1) is 4.92 Å². The number of nitro groups is 1. The lowest BCUT2D eigenvalue weighted by Gasteiger charge is -2.05. The van der Waals surface area contributed by atoms with Crippen LogP contribution in [-0.2, 0) is 0 Å². The summed E-state index contributed by atoms with van der Waals surface area (Å²) in [6, 6.07) is 12.9. The molecule has 0 spiro atoms. The van der Waals surface area contributed by atoms with Gasteiger partial charge in [0.25, 0.3) is 11.6 Å². The molecule has 0 saturated heterocycles. The first-order chi connectivity index (χ1) is 9.06. The molecule has 0 heterocycles. The van der Waals surface area contributed by atoms with Crippen molar-refractivity contribution in [3.63, 3.8) is 0 Å². The zero-order valence-electron chi connectivity index (χ0n) is 9.67. The lowest BCUT2D eigenvalue weighted by atomic mass is 10.2. The van der Waals surface area contributed by atoms with E-state index in [0.29, 0.717) is 11.3 Å². The number of nitro benzene ring substituents is 1. The minimum atomic E-state index is -0.481. The third-order valence-corrected chi connectivity index (χ3v) is 3.09. The average molecular weight is 368 g/mol. The van der Waals surface area contributed by atoms with Gasteiger partial charge in [-0.2, -0.15) is 0 Å². The Morgan fingerprint density at radius 2 is 1.84 bits per heavy atom. The molecule has 2 rings (SSSR count). The molecule has 0 fully saturated rings. The summed E-state index contributed by atoms with van der Waals surface area (Å²) in [5, 5.41) is 13.2. The molecule has 0 radical (unpaired) electrons. The molecule has 2 aromatic carbocycles. The Morgan fingerprint density at radius 1 is 1.16 bits per heavy atom. The predicted molar refractivity (Wildman–Crippen MR) is 80.2 cm³/mol. The van der Waals surface area contributed by atoms with E-state index in [4.69, 9.17) is 0 Å². The largest absolute Gasteiger partial charge is 0.322 e. The fraction of sp³-hybridized carbons (Fsp3) is 0. The zero-order chi connectivity index (χ0) is 13.8. The Balaban J connectivity index is 2.13. The number of benzene rings is 2. The van der Waals surface area contributed by atoms with E-state index in [9.17, 15) is 14.9 Å². The topological polar surface area (TPSA) is 72.2 Å². The summed E-state index contributed by atoms with van der Waals surface area (Å²) in [6.45, 7) is 0. The minimum Gasteiger partial charge on any atom is -0.322 e. The van der Waals surface area contributed by atoms with Crippen LogP contribution in [-0.4, -0.2) is 10.8 Å². The highest BCUT2D eigenvalue weighted by Gasteiger charge is 2.08. The summed E-state index contributed by atoms with van der Waals surface area (Å²) in [5.74, 6) is -0.243. The molecule has 0 aliphatic carbocycles. The summed E-state index contributed by atoms with van der Waals surface area (Å²) >= 11 is 2.13. The standard InChI is InChI=1S/C13H9IN2O3/c14-10-3-1-2-9(8-10)13(17)15-11-4-6-12(7-5-11)16(18)19/h1-8H,(H,15,17). The fourth-order valence-corrected chi connectivity index (χ4v) is 2.04. The highest BCUT2D eigenvalue weighted by Crippen LogP contribution is 2.16. The van der Waals surface area contributed by atoms with Crippen LogP contribution in [0.5, 0.6) is 0 Å². The van der Waals surface area contributed by atoms with Gasteiger partial charge in [-0.05, 0) is 52.9 Å². The quantitative estimate of drug-likeness (QED) is 0.513. The third-order valence-electron chi connectivity index (χ3n) is 2.42. The van der Waals surface area contributed by atoms with Crippen LogP contribution in [0.2, 0.25) is 0 Å². The molecule has 0 unspecified atom stereocenters. The van der Waals surface area contributed by atoms with Crippen molar-refractivity contribution in [1.82, 2.24) is 0 Å². The van der Waals surface area contributed by atoms with Crippen molar-refractivity contribution in [2.75, 3.05) is 5.32 Å². The molecule has 19 heavy (non-hydrogen) atoms. The maximum Gasteiger partial charge on any atom is 0.269 e. The number of amides is 1. The predicted octanol–water partition coefficient (Wildman–Crippen LogP) is 3.45. The van der Waals surface area contributed by atoms with E-state index < -0.39 is 4.92 Å². The second kappa shape index (κ2) is 5.79. The summed E-state index contributed by atoms with van der Waals surface area (Å²) in [5.41, 5.74) is 1.06. The monoisotopic (exact) mass is 368 g/mol. The Morgan fingerprint density at radius 3 is 2.42 bits per heavy atom. The first kappa shape index (κ1) is 13.5. The first-order valence-corrected chi connectivity index (χ1v) is 6.45. The van der Waals surface area contributed by atoms with Gasteiger partial charge in [0.1, 0.15) is 0 Å². The van der Waals surface area contributed by atoms with Gasteiger partial charge in [0.2, 0.25) is 0 Å². The molecule has 2 aromatic rings. The van der Waals surface area contributed by atoms with Crippen LogP contribution >= 0.6 is 22.6 Å². The minimum absolute atomic E-state index is 0.00717. The maximum absolute atomic E-state index is 11.9. The molecule has 1 N–H and O–H groups in total. The van der Waals surface area contributed by atoms with Crippen LogP contribution in [0.25, 0.3) is 0 Å². The number of nitrogens with zero attached hydrogens (tertiary/aromatic N) is 1. The lowest BCUT2D eigenvalue weighted by Crippen LogP contribution is -2.11. The molecule has 0 saturated carbocycles. The van der Waals surface area contributed by atoms with Gasteiger partial charge in [0, 0.05) is 27.0 Å². The van der Waals surface area contributed by atoms with Gasteiger partial charge in [-0.25, -0.2) is 0 Å². The Hall–Kier alpha value is -1.96. The van der Waals surface area contributed by atoms with Gasteiger partial charge in [0.15, 0.2) is 0 Å². The third kappa shape index (κ3) is 3.50. The molecule has 6 heteroatoms. The second-order valence-corrected chi connectivity index (χ2v) is 5.01. The van der Waals surface area contributed by atoms with Crippen LogP contribution in [0.1, 0.15) is 10.4 Å². The van der Waals surface area contributed by atoms with E-state index in [2.05, 4.69) is 27.9 Å². The van der Waals surface area contributed by atoms with Crippen LogP contribution in [0.15, 0.2) is 48.5 Å². The molecule has 0 aliphatic rings. The average Bonchev–Trinajstić information content (AvgIpc) is 2.39. The van der Waals surface area contributed by atoms with E-state index in [-0.39, 0.29) is 11.6 Å². The summed E-state index contributed by atoms with van der Waals surface area (Å²) in [6.07, 6.45) is 0. The molecule has 96 valence electrons. The summed E-state index contributed by atoms with van der Waals surface area (Å²) < 4.78 is 0.967. The number of non-ortho nitro benzene ring substituents is 1. The zero-order valence-corrected chi connectivity index (χ0v) is 11.8. The highest BCUT2D eigenvalue weighted by molar-refractivity contribution is 14.1. The van der Waals surface area contributed by atoms with Crippen molar-refractivity contribution < 1.29 is 9.72 Å².